The summed E-state index contributed by atoms with van der Waals surface area (Å²) in [6.07, 6.45) is 2.46. The number of ether oxygens (including phenoxy) is 2. The number of methoxy groups -OCH3 is 1. The summed E-state index contributed by atoms with van der Waals surface area (Å²) in [4.78, 5) is 28.0. The molecule has 8 heteroatoms. The maximum atomic E-state index is 13.8. The van der Waals surface area contributed by atoms with Gasteiger partial charge in [-0.2, -0.15) is 0 Å². The van der Waals surface area contributed by atoms with Gasteiger partial charge in [0.05, 0.1) is 25.1 Å². The Kier molecular flexibility index (Phi) is 8.85. The predicted molar refractivity (Wildman–Crippen MR) is 125 cm³/mol. The van der Waals surface area contributed by atoms with Crippen LogP contribution in [0.5, 0.6) is 11.5 Å². The van der Waals surface area contributed by atoms with E-state index in [4.69, 9.17) is 9.47 Å². The van der Waals surface area contributed by atoms with Crippen LogP contribution in [-0.2, 0) is 9.59 Å². The van der Waals surface area contributed by atoms with Crippen molar-refractivity contribution in [3.05, 3.63) is 59.7 Å². The van der Waals surface area contributed by atoms with Gasteiger partial charge in [0.15, 0.2) is 11.6 Å². The van der Waals surface area contributed by atoms with Crippen LogP contribution in [0.3, 0.4) is 0 Å². The van der Waals surface area contributed by atoms with Crippen LogP contribution in [-0.4, -0.2) is 43.0 Å². The van der Waals surface area contributed by atoms with Gasteiger partial charge in [0, 0.05) is 24.6 Å². The SMILES string of the molecule is CCCCN1C(=O)CCC(C(=O)NC(C)COc2ccc(F)cc2F)C1c1ccccc1OC. The number of nitrogens with one attached hydrogen (secondary N) is 1. The largest absolute Gasteiger partial charge is 0.496 e. The second-order valence-corrected chi connectivity index (χ2v) is 8.57. The number of amides is 2. The van der Waals surface area contributed by atoms with Gasteiger partial charge in [-0.25, -0.2) is 8.78 Å². The van der Waals surface area contributed by atoms with Crippen LogP contribution in [0.4, 0.5) is 8.78 Å². The summed E-state index contributed by atoms with van der Waals surface area (Å²) < 4.78 is 37.9. The topological polar surface area (TPSA) is 67.9 Å². The smallest absolute Gasteiger partial charge is 0.225 e. The monoisotopic (exact) mass is 474 g/mol. The molecular weight excluding hydrogens is 442 g/mol. The van der Waals surface area contributed by atoms with Gasteiger partial charge in [0.25, 0.3) is 0 Å². The second kappa shape index (κ2) is 11.8. The molecule has 0 aromatic heterocycles. The first-order chi connectivity index (χ1) is 16.3. The van der Waals surface area contributed by atoms with E-state index in [0.29, 0.717) is 25.1 Å². The highest BCUT2D eigenvalue weighted by molar-refractivity contribution is 5.85. The van der Waals surface area contributed by atoms with Gasteiger partial charge in [0.2, 0.25) is 11.8 Å². The Morgan fingerprint density at radius 3 is 2.68 bits per heavy atom. The van der Waals surface area contributed by atoms with Crippen molar-refractivity contribution in [2.75, 3.05) is 20.3 Å². The van der Waals surface area contributed by atoms with Crippen molar-refractivity contribution < 1.29 is 27.8 Å². The lowest BCUT2D eigenvalue weighted by molar-refractivity contribution is -0.143. The number of unbranched alkanes of at least 4 members (excludes halogenated alkanes) is 1. The summed E-state index contributed by atoms with van der Waals surface area (Å²) in [6.45, 7) is 4.38. The Hall–Kier alpha value is -3.16. The number of para-hydroxylation sites is 1. The van der Waals surface area contributed by atoms with Crippen molar-refractivity contribution in [3.8, 4) is 11.5 Å². The third kappa shape index (κ3) is 6.04. The molecule has 2 amide bonds. The van der Waals surface area contributed by atoms with Gasteiger partial charge in [0.1, 0.15) is 18.2 Å². The van der Waals surface area contributed by atoms with Gasteiger partial charge >= 0.3 is 0 Å². The number of benzene rings is 2. The number of nitrogens with zero attached hydrogens (tertiary/aromatic N) is 1. The van der Waals surface area contributed by atoms with E-state index in [1.807, 2.05) is 24.3 Å². The molecule has 0 aliphatic carbocycles. The summed E-state index contributed by atoms with van der Waals surface area (Å²) in [5.41, 5.74) is 0.798. The van der Waals surface area contributed by atoms with Crippen molar-refractivity contribution >= 4 is 11.8 Å². The highest BCUT2D eigenvalue weighted by atomic mass is 19.1. The summed E-state index contributed by atoms with van der Waals surface area (Å²) >= 11 is 0. The van der Waals surface area contributed by atoms with Gasteiger partial charge in [-0.15, -0.1) is 0 Å². The Balaban J connectivity index is 1.77. The van der Waals surface area contributed by atoms with E-state index in [9.17, 15) is 18.4 Å². The minimum absolute atomic E-state index is 0.0127. The molecule has 0 saturated carbocycles. The van der Waals surface area contributed by atoms with Gasteiger partial charge < -0.3 is 19.7 Å². The van der Waals surface area contributed by atoms with Crippen molar-refractivity contribution in [3.63, 3.8) is 0 Å². The van der Waals surface area contributed by atoms with E-state index in [1.54, 1.807) is 18.9 Å². The van der Waals surface area contributed by atoms with Crippen LogP contribution < -0.4 is 14.8 Å². The number of halogens is 2. The molecule has 34 heavy (non-hydrogen) atoms. The van der Waals surface area contributed by atoms with Crippen LogP contribution in [0.15, 0.2) is 42.5 Å². The maximum Gasteiger partial charge on any atom is 0.225 e. The van der Waals surface area contributed by atoms with Crippen LogP contribution in [0.1, 0.15) is 51.1 Å². The molecule has 1 heterocycles. The molecule has 1 aliphatic rings. The molecule has 1 aliphatic heterocycles. The standard InChI is InChI=1S/C26H32F2N2O4/c1-4-5-14-30-24(31)13-11-20(25(30)19-8-6-7-9-22(19)33-3)26(32)29-17(2)16-34-23-12-10-18(27)15-21(23)28/h6-10,12,15,17,20,25H,4-5,11,13-14,16H2,1-3H3,(H,29,32). The summed E-state index contributed by atoms with van der Waals surface area (Å²) in [5.74, 6) is -1.60. The third-order valence-electron chi connectivity index (χ3n) is 6.02. The predicted octanol–water partition coefficient (Wildman–Crippen LogP) is 4.64. The lowest BCUT2D eigenvalue weighted by Crippen LogP contribution is -2.50. The molecule has 184 valence electrons. The van der Waals surface area contributed by atoms with Gasteiger partial charge in [-0.3, -0.25) is 9.59 Å². The molecule has 1 fully saturated rings. The molecule has 0 bridgehead atoms. The Bertz CT molecular complexity index is 1000. The van der Waals surface area contributed by atoms with E-state index in [2.05, 4.69) is 12.2 Å². The Labute approximate surface area is 199 Å². The fourth-order valence-corrected chi connectivity index (χ4v) is 4.31. The highest BCUT2D eigenvalue weighted by Crippen LogP contribution is 2.41. The van der Waals surface area contributed by atoms with E-state index < -0.39 is 29.6 Å². The molecular formula is C26H32F2N2O4. The normalized spacial score (nSPS) is 19.0. The second-order valence-electron chi connectivity index (χ2n) is 8.57. The number of rotatable bonds is 10. The maximum absolute atomic E-state index is 13.8. The zero-order valence-electron chi connectivity index (χ0n) is 19.9. The number of hydrogen-bond acceptors (Lipinski definition) is 4. The number of carbonyl (C=O) groups excluding carboxylic acids is 2. The molecule has 1 saturated heterocycles. The fourth-order valence-electron chi connectivity index (χ4n) is 4.31. The first-order valence-electron chi connectivity index (χ1n) is 11.7. The number of carbonyl (C=O) groups is 2. The van der Waals surface area contributed by atoms with Crippen molar-refractivity contribution in [2.24, 2.45) is 5.92 Å². The average molecular weight is 475 g/mol. The van der Waals surface area contributed by atoms with E-state index >= 15 is 0 Å². The minimum atomic E-state index is -0.799. The first-order valence-corrected chi connectivity index (χ1v) is 11.7. The molecule has 2 aromatic rings. The summed E-state index contributed by atoms with van der Waals surface area (Å²) in [5, 5.41) is 2.94. The van der Waals surface area contributed by atoms with Crippen molar-refractivity contribution in [1.82, 2.24) is 10.2 Å². The van der Waals surface area contributed by atoms with Crippen molar-refractivity contribution in [1.29, 1.82) is 0 Å². The van der Waals surface area contributed by atoms with Crippen molar-refractivity contribution in [2.45, 2.75) is 51.6 Å². The van der Waals surface area contributed by atoms with Crippen LogP contribution in [0.2, 0.25) is 0 Å². The first kappa shape index (κ1) is 25.5. The van der Waals surface area contributed by atoms with E-state index in [0.717, 1.165) is 30.5 Å². The minimum Gasteiger partial charge on any atom is -0.496 e. The zero-order valence-corrected chi connectivity index (χ0v) is 19.9. The molecule has 3 unspecified atom stereocenters. The number of piperidine rings is 1. The molecule has 3 rings (SSSR count). The lowest BCUT2D eigenvalue weighted by Gasteiger charge is -2.41. The zero-order chi connectivity index (χ0) is 24.7. The van der Waals surface area contributed by atoms with Gasteiger partial charge in [-0.05, 0) is 38.0 Å². The summed E-state index contributed by atoms with van der Waals surface area (Å²) in [6, 6.07) is 9.65. The molecule has 6 nitrogen and oxygen atoms in total. The third-order valence-corrected chi connectivity index (χ3v) is 6.02. The molecule has 0 radical (unpaired) electrons. The molecule has 1 N–H and O–H groups in total. The van der Waals surface area contributed by atoms with Crippen LogP contribution >= 0.6 is 0 Å². The van der Waals surface area contributed by atoms with Gasteiger partial charge in [-0.1, -0.05) is 31.5 Å². The van der Waals surface area contributed by atoms with Crippen LogP contribution in [0.25, 0.3) is 0 Å². The Morgan fingerprint density at radius 1 is 1.21 bits per heavy atom. The van der Waals surface area contributed by atoms with E-state index in [-0.39, 0.29) is 24.2 Å². The quantitative estimate of drug-likeness (QED) is 0.545. The Morgan fingerprint density at radius 2 is 1.97 bits per heavy atom. The number of likely N-dealkylation sites (tertiary alicyclic amines) is 1. The lowest BCUT2D eigenvalue weighted by atomic mass is 9.82. The molecule has 3 atom stereocenters. The van der Waals surface area contributed by atoms with E-state index in [1.165, 1.54) is 6.07 Å². The van der Waals surface area contributed by atoms with Crippen LogP contribution in [0, 0.1) is 17.6 Å². The highest BCUT2D eigenvalue weighted by Gasteiger charge is 2.41. The summed E-state index contributed by atoms with van der Waals surface area (Å²) in [7, 11) is 1.57. The molecule has 2 aromatic carbocycles. The fraction of sp³-hybridized carbons (Fsp3) is 0.462. The number of hydrogen-bond donors (Lipinski definition) is 1. The average Bonchev–Trinajstić information content (AvgIpc) is 2.82. The molecule has 0 spiro atoms.